The van der Waals surface area contributed by atoms with E-state index in [4.69, 9.17) is 0 Å². The van der Waals surface area contributed by atoms with Crippen LogP contribution in [-0.2, 0) is 6.18 Å². The zero-order valence-electron chi connectivity index (χ0n) is 10.1. The summed E-state index contributed by atoms with van der Waals surface area (Å²) in [6, 6.07) is 9.54. The molecule has 0 unspecified atom stereocenters. The summed E-state index contributed by atoms with van der Waals surface area (Å²) in [6.45, 7) is 1.95. The molecule has 0 atom stereocenters. The van der Waals surface area contributed by atoms with Gasteiger partial charge >= 0.3 is 6.18 Å². The largest absolute Gasteiger partial charge is 0.416 e. The second-order valence-electron chi connectivity index (χ2n) is 4.58. The van der Waals surface area contributed by atoms with Gasteiger partial charge in [0.05, 0.1) is 11.1 Å². The lowest BCUT2D eigenvalue weighted by Crippen LogP contribution is -2.04. The van der Waals surface area contributed by atoms with Gasteiger partial charge in [0.1, 0.15) is 0 Å². The SMILES string of the molecule is Cc1ccc2cnc3cc(C(F)(F)F)ccc3c2c1. The van der Waals surface area contributed by atoms with Crippen LogP contribution in [0.1, 0.15) is 11.1 Å². The average Bonchev–Trinajstić information content (AvgIpc) is 2.36. The van der Waals surface area contributed by atoms with E-state index in [0.717, 1.165) is 33.9 Å². The van der Waals surface area contributed by atoms with Crippen LogP contribution in [0.25, 0.3) is 21.7 Å². The van der Waals surface area contributed by atoms with Gasteiger partial charge in [-0.15, -0.1) is 0 Å². The summed E-state index contributed by atoms with van der Waals surface area (Å²) < 4.78 is 38.0. The topological polar surface area (TPSA) is 12.9 Å². The monoisotopic (exact) mass is 261 g/mol. The Kier molecular flexibility index (Phi) is 2.49. The summed E-state index contributed by atoms with van der Waals surface area (Å²) in [4.78, 5) is 4.11. The maximum absolute atomic E-state index is 12.7. The van der Waals surface area contributed by atoms with Crippen LogP contribution in [0.3, 0.4) is 0 Å². The molecular formula is C15H10F3N. The molecule has 19 heavy (non-hydrogen) atoms. The number of halogens is 3. The predicted molar refractivity (Wildman–Crippen MR) is 69.0 cm³/mol. The van der Waals surface area contributed by atoms with E-state index >= 15 is 0 Å². The zero-order valence-corrected chi connectivity index (χ0v) is 10.1. The lowest BCUT2D eigenvalue weighted by atomic mass is 10.0. The van der Waals surface area contributed by atoms with E-state index in [1.807, 2.05) is 25.1 Å². The van der Waals surface area contributed by atoms with Crippen molar-refractivity contribution in [2.24, 2.45) is 0 Å². The quantitative estimate of drug-likeness (QED) is 0.534. The average molecular weight is 261 g/mol. The van der Waals surface area contributed by atoms with E-state index in [-0.39, 0.29) is 0 Å². The molecule has 0 saturated carbocycles. The van der Waals surface area contributed by atoms with Gasteiger partial charge in [0.2, 0.25) is 0 Å². The molecule has 0 aliphatic carbocycles. The molecule has 0 radical (unpaired) electrons. The highest BCUT2D eigenvalue weighted by Gasteiger charge is 2.30. The van der Waals surface area contributed by atoms with Crippen LogP contribution in [0, 0.1) is 6.92 Å². The van der Waals surface area contributed by atoms with Gasteiger partial charge in [0.25, 0.3) is 0 Å². The van der Waals surface area contributed by atoms with Crippen molar-refractivity contribution >= 4 is 21.7 Å². The molecule has 0 N–H and O–H groups in total. The van der Waals surface area contributed by atoms with E-state index in [2.05, 4.69) is 4.98 Å². The lowest BCUT2D eigenvalue weighted by Gasteiger charge is -2.09. The Morgan fingerprint density at radius 1 is 0.947 bits per heavy atom. The Morgan fingerprint density at radius 2 is 1.74 bits per heavy atom. The fraction of sp³-hybridized carbons (Fsp3) is 0.133. The molecule has 0 saturated heterocycles. The van der Waals surface area contributed by atoms with Crippen LogP contribution < -0.4 is 0 Å². The summed E-state index contributed by atoms with van der Waals surface area (Å²) in [5, 5.41) is 2.60. The molecule has 3 rings (SSSR count). The first-order valence-corrected chi connectivity index (χ1v) is 5.81. The molecule has 3 aromatic rings. The molecule has 0 aliphatic rings. The molecule has 1 nitrogen and oxygen atoms in total. The van der Waals surface area contributed by atoms with Gasteiger partial charge in [-0.1, -0.05) is 29.8 Å². The van der Waals surface area contributed by atoms with E-state index in [9.17, 15) is 13.2 Å². The van der Waals surface area contributed by atoms with Crippen molar-refractivity contribution in [3.8, 4) is 0 Å². The van der Waals surface area contributed by atoms with Crippen LogP contribution in [0.2, 0.25) is 0 Å². The van der Waals surface area contributed by atoms with Crippen molar-refractivity contribution in [2.45, 2.75) is 13.1 Å². The van der Waals surface area contributed by atoms with Crippen molar-refractivity contribution in [1.82, 2.24) is 4.98 Å². The van der Waals surface area contributed by atoms with Gasteiger partial charge in [-0.2, -0.15) is 13.2 Å². The molecule has 96 valence electrons. The Hall–Kier alpha value is -2.10. The first-order chi connectivity index (χ1) is 8.95. The standard InChI is InChI=1S/C15H10F3N/c1-9-2-3-10-8-19-14-7-11(15(16,17)18)4-5-12(14)13(10)6-9/h2-8H,1H3. The van der Waals surface area contributed by atoms with Crippen LogP contribution >= 0.6 is 0 Å². The van der Waals surface area contributed by atoms with Gasteiger partial charge in [-0.25, -0.2) is 0 Å². The Balaban J connectivity index is 2.35. The van der Waals surface area contributed by atoms with Crippen molar-refractivity contribution in [3.05, 3.63) is 53.7 Å². The molecule has 1 aromatic heterocycles. The Bertz CT molecular complexity index is 775. The number of rotatable bonds is 0. The second kappa shape index (κ2) is 3.95. The molecule has 4 heteroatoms. The number of nitrogens with zero attached hydrogens (tertiary/aromatic N) is 1. The van der Waals surface area contributed by atoms with Crippen molar-refractivity contribution < 1.29 is 13.2 Å². The van der Waals surface area contributed by atoms with Gasteiger partial charge in [-0.05, 0) is 24.4 Å². The minimum atomic E-state index is -4.34. The van der Waals surface area contributed by atoms with Crippen molar-refractivity contribution in [1.29, 1.82) is 0 Å². The summed E-state index contributed by atoms with van der Waals surface area (Å²) in [5.74, 6) is 0. The normalized spacial score (nSPS) is 12.2. The van der Waals surface area contributed by atoms with Crippen molar-refractivity contribution in [3.63, 3.8) is 0 Å². The highest BCUT2D eigenvalue weighted by atomic mass is 19.4. The van der Waals surface area contributed by atoms with E-state index in [0.29, 0.717) is 5.52 Å². The van der Waals surface area contributed by atoms with Gasteiger partial charge in [-0.3, -0.25) is 4.98 Å². The fourth-order valence-electron chi connectivity index (χ4n) is 2.20. The third-order valence-electron chi connectivity index (χ3n) is 3.17. The summed E-state index contributed by atoms with van der Waals surface area (Å²) >= 11 is 0. The van der Waals surface area contributed by atoms with Crippen LogP contribution in [0.15, 0.2) is 42.6 Å². The number of hydrogen-bond acceptors (Lipinski definition) is 1. The first-order valence-electron chi connectivity index (χ1n) is 5.81. The summed E-state index contributed by atoms with van der Waals surface area (Å²) in [5.41, 5.74) is 0.771. The molecule has 0 aliphatic heterocycles. The molecule has 2 aromatic carbocycles. The Labute approximate surface area is 107 Å². The lowest BCUT2D eigenvalue weighted by molar-refractivity contribution is -0.137. The first kappa shape index (κ1) is 12.0. The third-order valence-corrected chi connectivity index (χ3v) is 3.17. The van der Waals surface area contributed by atoms with Crippen LogP contribution in [0.5, 0.6) is 0 Å². The van der Waals surface area contributed by atoms with E-state index in [1.54, 1.807) is 6.20 Å². The summed E-state index contributed by atoms with van der Waals surface area (Å²) in [7, 11) is 0. The summed E-state index contributed by atoms with van der Waals surface area (Å²) in [6.07, 6.45) is -2.73. The molecule has 0 fully saturated rings. The number of pyridine rings is 1. The number of fused-ring (bicyclic) bond motifs is 3. The third kappa shape index (κ3) is 2.03. The minimum Gasteiger partial charge on any atom is -0.256 e. The van der Waals surface area contributed by atoms with Crippen LogP contribution in [0.4, 0.5) is 13.2 Å². The Morgan fingerprint density at radius 3 is 2.47 bits per heavy atom. The number of hydrogen-bond donors (Lipinski definition) is 0. The zero-order chi connectivity index (χ0) is 13.6. The molecule has 1 heterocycles. The fourth-order valence-corrected chi connectivity index (χ4v) is 2.20. The van der Waals surface area contributed by atoms with Gasteiger partial charge < -0.3 is 0 Å². The molecule has 0 spiro atoms. The van der Waals surface area contributed by atoms with Crippen LogP contribution in [-0.4, -0.2) is 4.98 Å². The second-order valence-corrected chi connectivity index (χ2v) is 4.58. The maximum Gasteiger partial charge on any atom is 0.416 e. The maximum atomic E-state index is 12.7. The molecule has 0 amide bonds. The van der Waals surface area contributed by atoms with Gasteiger partial charge in [0.15, 0.2) is 0 Å². The highest BCUT2D eigenvalue weighted by molar-refractivity contribution is 6.05. The number of benzene rings is 2. The smallest absolute Gasteiger partial charge is 0.256 e. The number of aryl methyl sites for hydroxylation is 1. The van der Waals surface area contributed by atoms with E-state index in [1.165, 1.54) is 6.07 Å². The van der Waals surface area contributed by atoms with Crippen molar-refractivity contribution in [2.75, 3.05) is 0 Å². The molecule has 0 bridgehead atoms. The molecular weight excluding hydrogens is 251 g/mol. The van der Waals surface area contributed by atoms with E-state index < -0.39 is 11.7 Å². The highest BCUT2D eigenvalue weighted by Crippen LogP contribution is 2.32. The number of alkyl halides is 3. The minimum absolute atomic E-state index is 0.368. The van der Waals surface area contributed by atoms with Gasteiger partial charge in [0, 0.05) is 17.0 Å². The predicted octanol–water partition coefficient (Wildman–Crippen LogP) is 4.72. The number of aromatic nitrogens is 1.